The zero-order chi connectivity index (χ0) is 15.5. The molecule has 1 aliphatic rings. The predicted molar refractivity (Wildman–Crippen MR) is 81.9 cm³/mol. The van der Waals surface area contributed by atoms with Gasteiger partial charge in [-0.2, -0.15) is 10.4 Å². The first-order valence-electron chi connectivity index (χ1n) is 7.64. The van der Waals surface area contributed by atoms with E-state index in [0.717, 1.165) is 43.1 Å². The molecule has 1 heterocycles. The fraction of sp³-hybridized carbons (Fsp3) is 0.471. The Balaban J connectivity index is 1.67. The van der Waals surface area contributed by atoms with Crippen LogP contribution in [0, 0.1) is 23.2 Å². The number of nitrogens with zero attached hydrogens (tertiary/aromatic N) is 3. The summed E-state index contributed by atoms with van der Waals surface area (Å²) >= 11 is 0. The molecule has 0 bridgehead atoms. The standard InChI is InChI=1S/C17H19N3O2/c1-22-17(21)14-5-2-12(3-6-14)11-20-16-7-4-13(9-18)8-15(16)10-19-20/h4,7-8,10,12,14H,2-3,5-6,11H2,1H3. The van der Waals surface area contributed by atoms with Crippen LogP contribution in [0.25, 0.3) is 10.9 Å². The van der Waals surface area contributed by atoms with Crippen LogP contribution in [0.3, 0.4) is 0 Å². The molecule has 114 valence electrons. The maximum Gasteiger partial charge on any atom is 0.308 e. The molecule has 22 heavy (non-hydrogen) atoms. The van der Waals surface area contributed by atoms with Gasteiger partial charge in [0.1, 0.15) is 0 Å². The van der Waals surface area contributed by atoms with Crippen molar-refractivity contribution in [1.29, 1.82) is 5.26 Å². The Morgan fingerprint density at radius 2 is 2.18 bits per heavy atom. The first kappa shape index (κ1) is 14.6. The van der Waals surface area contributed by atoms with E-state index < -0.39 is 0 Å². The third-order valence-corrected chi connectivity index (χ3v) is 4.58. The lowest BCUT2D eigenvalue weighted by atomic mass is 9.82. The fourth-order valence-corrected chi connectivity index (χ4v) is 3.29. The van der Waals surface area contributed by atoms with Crippen molar-refractivity contribution < 1.29 is 9.53 Å². The van der Waals surface area contributed by atoms with Gasteiger partial charge in [-0.15, -0.1) is 0 Å². The molecular weight excluding hydrogens is 278 g/mol. The van der Waals surface area contributed by atoms with Crippen LogP contribution in [-0.2, 0) is 16.1 Å². The van der Waals surface area contributed by atoms with Crippen molar-refractivity contribution >= 4 is 16.9 Å². The van der Waals surface area contributed by atoms with Crippen molar-refractivity contribution in [1.82, 2.24) is 9.78 Å². The summed E-state index contributed by atoms with van der Waals surface area (Å²) in [5.41, 5.74) is 1.72. The van der Waals surface area contributed by atoms with Crippen molar-refractivity contribution in [2.45, 2.75) is 32.2 Å². The van der Waals surface area contributed by atoms with E-state index in [1.54, 1.807) is 0 Å². The topological polar surface area (TPSA) is 67.9 Å². The second-order valence-corrected chi connectivity index (χ2v) is 5.95. The van der Waals surface area contributed by atoms with E-state index in [9.17, 15) is 4.79 Å². The second kappa shape index (κ2) is 6.18. The normalized spacial score (nSPS) is 21.5. The molecule has 3 rings (SSSR count). The molecule has 0 amide bonds. The number of ether oxygens (including phenoxy) is 1. The van der Waals surface area contributed by atoms with Gasteiger partial charge in [0.25, 0.3) is 0 Å². The molecule has 1 aromatic carbocycles. The third kappa shape index (κ3) is 2.82. The summed E-state index contributed by atoms with van der Waals surface area (Å²) in [6.45, 7) is 0.864. The number of methoxy groups -OCH3 is 1. The van der Waals surface area contributed by atoms with Gasteiger partial charge in [-0.25, -0.2) is 0 Å². The van der Waals surface area contributed by atoms with E-state index in [-0.39, 0.29) is 11.9 Å². The minimum atomic E-state index is -0.0768. The number of carbonyl (C=O) groups excluding carboxylic acids is 1. The molecular formula is C17H19N3O2. The molecule has 0 spiro atoms. The van der Waals surface area contributed by atoms with Crippen molar-refractivity contribution in [3.8, 4) is 6.07 Å². The Morgan fingerprint density at radius 3 is 2.86 bits per heavy atom. The molecule has 5 nitrogen and oxygen atoms in total. The van der Waals surface area contributed by atoms with Crippen LogP contribution in [0.15, 0.2) is 24.4 Å². The molecule has 0 unspecified atom stereocenters. The van der Waals surface area contributed by atoms with Gasteiger partial charge in [0.05, 0.1) is 36.4 Å². The summed E-state index contributed by atoms with van der Waals surface area (Å²) in [6.07, 6.45) is 5.66. The average Bonchev–Trinajstić information content (AvgIpc) is 2.97. The first-order valence-corrected chi connectivity index (χ1v) is 7.64. The summed E-state index contributed by atoms with van der Waals surface area (Å²) in [6, 6.07) is 7.81. The molecule has 0 N–H and O–H groups in total. The van der Waals surface area contributed by atoms with Gasteiger partial charge in [0, 0.05) is 11.9 Å². The van der Waals surface area contributed by atoms with E-state index in [4.69, 9.17) is 10.00 Å². The number of nitriles is 1. The van der Waals surface area contributed by atoms with E-state index in [1.807, 2.05) is 29.1 Å². The van der Waals surface area contributed by atoms with Gasteiger partial charge < -0.3 is 4.74 Å². The van der Waals surface area contributed by atoms with Gasteiger partial charge in [-0.1, -0.05) is 0 Å². The number of benzene rings is 1. The summed E-state index contributed by atoms with van der Waals surface area (Å²) in [5, 5.41) is 14.4. The van der Waals surface area contributed by atoms with Crippen molar-refractivity contribution in [3.05, 3.63) is 30.0 Å². The smallest absolute Gasteiger partial charge is 0.308 e. The largest absolute Gasteiger partial charge is 0.469 e. The minimum absolute atomic E-state index is 0.0637. The lowest BCUT2D eigenvalue weighted by Crippen LogP contribution is -2.25. The quantitative estimate of drug-likeness (QED) is 0.817. The van der Waals surface area contributed by atoms with Crippen LogP contribution < -0.4 is 0 Å². The maximum absolute atomic E-state index is 11.6. The molecule has 0 aliphatic heterocycles. The Bertz CT molecular complexity index is 721. The van der Waals surface area contributed by atoms with Crippen molar-refractivity contribution in [2.75, 3.05) is 7.11 Å². The molecule has 0 atom stereocenters. The highest BCUT2D eigenvalue weighted by molar-refractivity contribution is 5.80. The maximum atomic E-state index is 11.6. The van der Waals surface area contributed by atoms with E-state index in [2.05, 4.69) is 11.2 Å². The molecule has 0 radical (unpaired) electrons. The van der Waals surface area contributed by atoms with Crippen molar-refractivity contribution in [2.24, 2.45) is 11.8 Å². The molecule has 2 aromatic rings. The lowest BCUT2D eigenvalue weighted by Gasteiger charge is -2.26. The summed E-state index contributed by atoms with van der Waals surface area (Å²) in [5.74, 6) is 0.528. The number of hydrogen-bond acceptors (Lipinski definition) is 4. The van der Waals surface area contributed by atoms with Crippen LogP contribution in [0.1, 0.15) is 31.2 Å². The minimum Gasteiger partial charge on any atom is -0.469 e. The summed E-state index contributed by atoms with van der Waals surface area (Å²) in [7, 11) is 1.46. The number of carbonyl (C=O) groups is 1. The highest BCUT2D eigenvalue weighted by Crippen LogP contribution is 2.31. The number of hydrogen-bond donors (Lipinski definition) is 0. The van der Waals surface area contributed by atoms with Crippen LogP contribution in [0.5, 0.6) is 0 Å². The van der Waals surface area contributed by atoms with Crippen LogP contribution in [0.4, 0.5) is 0 Å². The summed E-state index contributed by atoms with van der Waals surface area (Å²) in [4.78, 5) is 11.6. The van der Waals surface area contributed by atoms with E-state index in [1.165, 1.54) is 7.11 Å². The Morgan fingerprint density at radius 1 is 1.41 bits per heavy atom. The highest BCUT2D eigenvalue weighted by Gasteiger charge is 2.27. The number of esters is 1. The summed E-state index contributed by atoms with van der Waals surface area (Å²) < 4.78 is 6.84. The van der Waals surface area contributed by atoms with E-state index in [0.29, 0.717) is 11.5 Å². The number of rotatable bonds is 3. The van der Waals surface area contributed by atoms with Crippen molar-refractivity contribution in [3.63, 3.8) is 0 Å². The monoisotopic (exact) mass is 297 g/mol. The zero-order valence-electron chi connectivity index (χ0n) is 12.7. The molecule has 1 aliphatic carbocycles. The molecule has 0 saturated heterocycles. The fourth-order valence-electron chi connectivity index (χ4n) is 3.29. The Hall–Kier alpha value is -2.35. The van der Waals surface area contributed by atoms with Gasteiger partial charge in [-0.3, -0.25) is 9.48 Å². The van der Waals surface area contributed by atoms with Gasteiger partial charge in [-0.05, 0) is 49.8 Å². The molecule has 1 saturated carbocycles. The average molecular weight is 297 g/mol. The second-order valence-electron chi connectivity index (χ2n) is 5.95. The first-order chi connectivity index (χ1) is 10.7. The van der Waals surface area contributed by atoms with Gasteiger partial charge in [0.15, 0.2) is 0 Å². The molecule has 1 aromatic heterocycles. The molecule has 5 heteroatoms. The molecule has 1 fully saturated rings. The SMILES string of the molecule is COC(=O)C1CCC(Cn2ncc3cc(C#N)ccc32)CC1. The predicted octanol–water partition coefficient (Wildman–Crippen LogP) is 2.89. The Labute approximate surface area is 129 Å². The van der Waals surface area contributed by atoms with Gasteiger partial charge in [0.2, 0.25) is 0 Å². The van der Waals surface area contributed by atoms with Crippen LogP contribution in [-0.4, -0.2) is 22.9 Å². The van der Waals surface area contributed by atoms with E-state index >= 15 is 0 Å². The highest BCUT2D eigenvalue weighted by atomic mass is 16.5. The van der Waals surface area contributed by atoms with Gasteiger partial charge >= 0.3 is 5.97 Å². The number of fused-ring (bicyclic) bond motifs is 1. The zero-order valence-corrected chi connectivity index (χ0v) is 12.7. The third-order valence-electron chi connectivity index (χ3n) is 4.58. The van der Waals surface area contributed by atoms with Crippen LogP contribution in [0.2, 0.25) is 0 Å². The number of aromatic nitrogens is 2. The van der Waals surface area contributed by atoms with Crippen LogP contribution >= 0.6 is 0 Å². The lowest BCUT2D eigenvalue weighted by molar-refractivity contribution is -0.146. The Kier molecular flexibility index (Phi) is 4.10.